The van der Waals surface area contributed by atoms with E-state index < -0.39 is 29.6 Å². The van der Waals surface area contributed by atoms with Gasteiger partial charge in [-0.15, -0.1) is 0 Å². The Kier molecular flexibility index (Phi) is 3.70. The molecule has 0 radical (unpaired) electrons. The molecular weight excluding hydrogens is 332 g/mol. The molecule has 0 aromatic heterocycles. The summed E-state index contributed by atoms with van der Waals surface area (Å²) in [5.41, 5.74) is -0.124. The molecule has 0 unspecified atom stereocenters. The SMILES string of the molecule is O=C(N[C@H]1C[C@H]2C(=O)N3CCC[C@@H]3C(=O)N2C1)c1cc(F)cc(F)c1. The number of piperazine rings is 1. The van der Waals surface area contributed by atoms with Gasteiger partial charge in [-0.25, -0.2) is 8.78 Å². The highest BCUT2D eigenvalue weighted by Crippen LogP contribution is 2.32. The maximum absolute atomic E-state index is 13.3. The minimum absolute atomic E-state index is 0.0735. The highest BCUT2D eigenvalue weighted by atomic mass is 19.1. The maximum Gasteiger partial charge on any atom is 0.251 e. The van der Waals surface area contributed by atoms with Gasteiger partial charge < -0.3 is 15.1 Å². The van der Waals surface area contributed by atoms with Crippen LogP contribution in [0.4, 0.5) is 8.78 Å². The van der Waals surface area contributed by atoms with E-state index in [1.165, 1.54) is 4.90 Å². The van der Waals surface area contributed by atoms with Gasteiger partial charge in [-0.05, 0) is 31.4 Å². The van der Waals surface area contributed by atoms with Crippen LogP contribution in [0.15, 0.2) is 18.2 Å². The quantitative estimate of drug-likeness (QED) is 0.853. The lowest BCUT2D eigenvalue weighted by Gasteiger charge is -2.38. The molecule has 3 amide bonds. The normalized spacial score (nSPS) is 28.2. The van der Waals surface area contributed by atoms with Crippen LogP contribution >= 0.6 is 0 Å². The summed E-state index contributed by atoms with van der Waals surface area (Å²) < 4.78 is 26.5. The van der Waals surface area contributed by atoms with Crippen LogP contribution in [-0.2, 0) is 9.59 Å². The molecule has 0 aliphatic carbocycles. The van der Waals surface area contributed by atoms with E-state index in [0.717, 1.165) is 18.6 Å². The van der Waals surface area contributed by atoms with Crippen molar-refractivity contribution in [2.24, 2.45) is 0 Å². The van der Waals surface area contributed by atoms with Crippen molar-refractivity contribution in [3.63, 3.8) is 0 Å². The number of carbonyl (C=O) groups excluding carboxylic acids is 3. The van der Waals surface area contributed by atoms with Crippen molar-refractivity contribution >= 4 is 17.7 Å². The van der Waals surface area contributed by atoms with E-state index in [1.807, 2.05) is 0 Å². The van der Waals surface area contributed by atoms with Crippen molar-refractivity contribution < 1.29 is 23.2 Å². The van der Waals surface area contributed by atoms with Gasteiger partial charge in [-0.3, -0.25) is 14.4 Å². The van der Waals surface area contributed by atoms with E-state index in [4.69, 9.17) is 0 Å². The van der Waals surface area contributed by atoms with Crippen LogP contribution in [0.1, 0.15) is 29.6 Å². The third-order valence-electron chi connectivity index (χ3n) is 5.15. The first-order valence-electron chi connectivity index (χ1n) is 8.32. The Hall–Kier alpha value is -2.51. The number of halogens is 2. The average Bonchev–Trinajstić information content (AvgIpc) is 3.19. The van der Waals surface area contributed by atoms with Crippen LogP contribution in [0.2, 0.25) is 0 Å². The molecule has 3 atom stereocenters. The zero-order valence-corrected chi connectivity index (χ0v) is 13.4. The fourth-order valence-electron chi connectivity index (χ4n) is 4.04. The Bertz CT molecular complexity index is 719. The van der Waals surface area contributed by atoms with Gasteiger partial charge in [0.25, 0.3) is 5.91 Å². The van der Waals surface area contributed by atoms with Gasteiger partial charge in [-0.2, -0.15) is 0 Å². The molecule has 6 nitrogen and oxygen atoms in total. The van der Waals surface area contributed by atoms with Gasteiger partial charge in [0.2, 0.25) is 11.8 Å². The summed E-state index contributed by atoms with van der Waals surface area (Å²) in [5.74, 6) is -2.44. The summed E-state index contributed by atoms with van der Waals surface area (Å²) in [6, 6.07) is 1.24. The molecule has 0 spiro atoms. The standard InChI is InChI=1S/C17H17F2N3O3/c18-10-4-9(5-11(19)6-10)15(23)20-12-7-14-17(25)21-3-1-2-13(21)16(24)22(14)8-12/h4-6,12-14H,1-3,7-8H2,(H,20,23)/t12-,13+,14-/m0/s1. The number of amides is 3. The van der Waals surface area contributed by atoms with Crippen LogP contribution in [0, 0.1) is 11.6 Å². The maximum atomic E-state index is 13.3. The molecule has 25 heavy (non-hydrogen) atoms. The molecular formula is C17H17F2N3O3. The Morgan fingerprint density at radius 3 is 2.44 bits per heavy atom. The van der Waals surface area contributed by atoms with Crippen LogP contribution < -0.4 is 5.32 Å². The first kappa shape index (κ1) is 16.0. The Morgan fingerprint density at radius 1 is 1.04 bits per heavy atom. The Balaban J connectivity index is 1.48. The molecule has 3 aliphatic heterocycles. The van der Waals surface area contributed by atoms with Crippen LogP contribution in [-0.4, -0.2) is 58.7 Å². The molecule has 3 heterocycles. The van der Waals surface area contributed by atoms with Crippen molar-refractivity contribution in [1.82, 2.24) is 15.1 Å². The van der Waals surface area contributed by atoms with Crippen LogP contribution in [0.3, 0.4) is 0 Å². The van der Waals surface area contributed by atoms with Crippen LogP contribution in [0.25, 0.3) is 0 Å². The number of nitrogens with one attached hydrogen (secondary N) is 1. The van der Waals surface area contributed by atoms with E-state index in [-0.39, 0.29) is 30.0 Å². The van der Waals surface area contributed by atoms with E-state index in [9.17, 15) is 23.2 Å². The Morgan fingerprint density at radius 2 is 1.72 bits per heavy atom. The number of rotatable bonds is 2. The molecule has 3 aliphatic rings. The van der Waals surface area contributed by atoms with Gasteiger partial charge in [0.05, 0.1) is 0 Å². The fraction of sp³-hybridized carbons (Fsp3) is 0.471. The van der Waals surface area contributed by atoms with Crippen molar-refractivity contribution in [2.45, 2.75) is 37.4 Å². The zero-order chi connectivity index (χ0) is 17.7. The van der Waals surface area contributed by atoms with E-state index >= 15 is 0 Å². The molecule has 1 aromatic rings. The largest absolute Gasteiger partial charge is 0.347 e. The third-order valence-corrected chi connectivity index (χ3v) is 5.15. The van der Waals surface area contributed by atoms with Gasteiger partial charge in [-0.1, -0.05) is 0 Å². The molecule has 1 N–H and O–H groups in total. The lowest BCUT2D eigenvalue weighted by atomic mass is 10.1. The van der Waals surface area contributed by atoms with Gasteiger partial charge in [0.15, 0.2) is 0 Å². The van der Waals surface area contributed by atoms with Gasteiger partial charge >= 0.3 is 0 Å². The minimum atomic E-state index is -0.833. The molecule has 0 bridgehead atoms. The summed E-state index contributed by atoms with van der Waals surface area (Å²) in [6.45, 7) is 0.836. The second kappa shape index (κ2) is 5.79. The second-order valence-electron chi connectivity index (χ2n) is 6.76. The second-order valence-corrected chi connectivity index (χ2v) is 6.76. The molecule has 132 valence electrons. The number of hydrogen-bond donors (Lipinski definition) is 1. The van der Waals surface area contributed by atoms with Crippen molar-refractivity contribution in [2.75, 3.05) is 13.1 Å². The highest BCUT2D eigenvalue weighted by Gasteiger charge is 2.51. The smallest absolute Gasteiger partial charge is 0.251 e. The number of benzene rings is 1. The van der Waals surface area contributed by atoms with Crippen molar-refractivity contribution in [1.29, 1.82) is 0 Å². The summed E-state index contributed by atoms with van der Waals surface area (Å²) in [7, 11) is 0. The van der Waals surface area contributed by atoms with Crippen LogP contribution in [0.5, 0.6) is 0 Å². The highest BCUT2D eigenvalue weighted by molar-refractivity contribution is 5.98. The predicted octanol–water partition coefficient (Wildman–Crippen LogP) is 0.669. The van der Waals surface area contributed by atoms with Gasteiger partial charge in [0.1, 0.15) is 23.7 Å². The third kappa shape index (κ3) is 2.65. The van der Waals surface area contributed by atoms with Crippen molar-refractivity contribution in [3.05, 3.63) is 35.4 Å². The predicted molar refractivity (Wildman–Crippen MR) is 82.5 cm³/mol. The monoisotopic (exact) mass is 349 g/mol. The molecule has 0 saturated carbocycles. The minimum Gasteiger partial charge on any atom is -0.347 e. The lowest BCUT2D eigenvalue weighted by Crippen LogP contribution is -2.60. The number of carbonyl (C=O) groups is 3. The molecule has 4 rings (SSSR count). The van der Waals surface area contributed by atoms with E-state index in [2.05, 4.69) is 5.32 Å². The molecule has 1 aromatic carbocycles. The van der Waals surface area contributed by atoms with E-state index in [0.29, 0.717) is 25.5 Å². The molecule has 3 fully saturated rings. The molecule has 3 saturated heterocycles. The van der Waals surface area contributed by atoms with Crippen molar-refractivity contribution in [3.8, 4) is 0 Å². The first-order chi connectivity index (χ1) is 11.9. The number of hydrogen-bond acceptors (Lipinski definition) is 3. The average molecular weight is 349 g/mol. The lowest BCUT2D eigenvalue weighted by molar-refractivity contribution is -0.156. The van der Waals surface area contributed by atoms with E-state index in [1.54, 1.807) is 4.90 Å². The fourth-order valence-corrected chi connectivity index (χ4v) is 4.04. The molecule has 8 heteroatoms. The number of nitrogens with zero attached hydrogens (tertiary/aromatic N) is 2. The van der Waals surface area contributed by atoms with Gasteiger partial charge in [0, 0.05) is 30.8 Å². The summed E-state index contributed by atoms with van der Waals surface area (Å²) in [6.07, 6.45) is 1.82. The summed E-state index contributed by atoms with van der Waals surface area (Å²) in [4.78, 5) is 40.5. The summed E-state index contributed by atoms with van der Waals surface area (Å²) >= 11 is 0. The zero-order valence-electron chi connectivity index (χ0n) is 13.4. The summed E-state index contributed by atoms with van der Waals surface area (Å²) in [5, 5.41) is 2.68. The topological polar surface area (TPSA) is 69.7 Å². The first-order valence-corrected chi connectivity index (χ1v) is 8.32. The number of fused-ring (bicyclic) bond motifs is 2. The Labute approximate surface area is 142 Å².